The number of nitrogens with one attached hydrogen (secondary N) is 2. The van der Waals surface area contributed by atoms with E-state index in [0.717, 1.165) is 12.1 Å². The molecule has 4 rings (SSSR count). The molecule has 0 unspecified atom stereocenters. The molecule has 2 aliphatic rings. The third-order valence-corrected chi connectivity index (χ3v) is 8.73. The predicted octanol–water partition coefficient (Wildman–Crippen LogP) is 0.786. The van der Waals surface area contributed by atoms with E-state index in [2.05, 4.69) is 20.0 Å². The molecule has 1 spiro atoms. The molecule has 13 nitrogen and oxygen atoms in total. The van der Waals surface area contributed by atoms with E-state index >= 15 is 0 Å². The molecule has 2 fully saturated rings. The Labute approximate surface area is 237 Å². The van der Waals surface area contributed by atoms with Gasteiger partial charge in [0.25, 0.3) is 5.91 Å². The molecule has 2 aromatic rings. The summed E-state index contributed by atoms with van der Waals surface area (Å²) in [6.45, 7) is 0.516. The van der Waals surface area contributed by atoms with Crippen molar-refractivity contribution in [1.29, 1.82) is 0 Å². The van der Waals surface area contributed by atoms with Crippen molar-refractivity contribution in [2.45, 2.75) is 36.1 Å². The molecule has 0 bridgehead atoms. The van der Waals surface area contributed by atoms with Gasteiger partial charge in [-0.1, -0.05) is 17.7 Å². The van der Waals surface area contributed by atoms with E-state index in [-0.39, 0.29) is 50.9 Å². The van der Waals surface area contributed by atoms with Crippen LogP contribution in [-0.2, 0) is 14.8 Å². The summed E-state index contributed by atoms with van der Waals surface area (Å²) in [6, 6.07) is 5.75. The van der Waals surface area contributed by atoms with Crippen LogP contribution in [0, 0.1) is 0 Å². The molecule has 6 N–H and O–H groups in total. The number of halogens is 1. The highest BCUT2D eigenvalue weighted by molar-refractivity contribution is 7.89. The number of hydrogen-bond donors (Lipinski definition) is 4. The van der Waals surface area contributed by atoms with Crippen LogP contribution in [0.25, 0.3) is 0 Å². The first-order chi connectivity index (χ1) is 18.8. The number of sulfonamides is 1. The standard InChI is InChI=1S/C25H31ClN8O5S/c1-33(2)19(36)14-29-40(38,39)17-5-3-4-15(12-17)24(37)34-10-8-25(9-11-34)7-6-16(32-25)13-18(35)20-22(27)31-23(28)21(26)30-20/h3-5,12-13,29,32H,6-11,14H2,1-2H3,(H4,27,28,31)/b16-13+. The highest BCUT2D eigenvalue weighted by Gasteiger charge is 2.40. The van der Waals surface area contributed by atoms with Crippen LogP contribution in [0.3, 0.4) is 0 Å². The zero-order valence-corrected chi connectivity index (χ0v) is 23.7. The van der Waals surface area contributed by atoms with Crippen molar-refractivity contribution in [2.75, 3.05) is 45.2 Å². The predicted molar refractivity (Wildman–Crippen MR) is 149 cm³/mol. The number of anilines is 2. The van der Waals surface area contributed by atoms with E-state index in [0.29, 0.717) is 32.4 Å². The first kappa shape index (κ1) is 29.2. The monoisotopic (exact) mass is 590 g/mol. The molecule has 2 aliphatic heterocycles. The minimum atomic E-state index is -3.98. The second-order valence-corrected chi connectivity index (χ2v) is 12.1. The first-order valence-corrected chi connectivity index (χ1v) is 14.4. The number of nitrogens with two attached hydrogens (primary N) is 2. The van der Waals surface area contributed by atoms with Gasteiger partial charge in [-0.05, 0) is 43.9 Å². The number of nitrogen functional groups attached to an aromatic ring is 2. The van der Waals surface area contributed by atoms with E-state index in [4.69, 9.17) is 23.1 Å². The van der Waals surface area contributed by atoms with Crippen molar-refractivity contribution in [3.63, 3.8) is 0 Å². The van der Waals surface area contributed by atoms with Gasteiger partial charge in [-0.25, -0.2) is 23.1 Å². The number of aromatic nitrogens is 2. The highest BCUT2D eigenvalue weighted by Crippen LogP contribution is 2.35. The van der Waals surface area contributed by atoms with Gasteiger partial charge in [-0.15, -0.1) is 0 Å². The first-order valence-electron chi connectivity index (χ1n) is 12.5. The van der Waals surface area contributed by atoms with Crippen LogP contribution >= 0.6 is 11.6 Å². The SMILES string of the molecule is CN(C)C(=O)CNS(=O)(=O)c1cccc(C(=O)N2CCC3(CC/C(=C\C(=O)c4nc(Cl)c(N)nc4N)N3)CC2)c1. The molecule has 0 atom stereocenters. The van der Waals surface area contributed by atoms with Gasteiger partial charge in [0.05, 0.1) is 11.4 Å². The van der Waals surface area contributed by atoms with Gasteiger partial charge >= 0.3 is 0 Å². The molecular formula is C25H31ClN8O5S. The summed E-state index contributed by atoms with van der Waals surface area (Å²) < 4.78 is 27.6. The summed E-state index contributed by atoms with van der Waals surface area (Å²) in [6.07, 6.45) is 4.14. The summed E-state index contributed by atoms with van der Waals surface area (Å²) in [4.78, 5) is 48.4. The van der Waals surface area contributed by atoms with E-state index in [1.165, 1.54) is 43.3 Å². The number of rotatable bonds is 7. The molecule has 2 saturated heterocycles. The van der Waals surface area contributed by atoms with Gasteiger partial charge in [0.15, 0.2) is 22.5 Å². The third kappa shape index (κ3) is 6.35. The Morgan fingerprint density at radius 1 is 1.15 bits per heavy atom. The summed E-state index contributed by atoms with van der Waals surface area (Å²) in [5.74, 6) is -1.26. The number of carbonyl (C=O) groups is 3. The fraction of sp³-hybridized carbons (Fsp3) is 0.400. The summed E-state index contributed by atoms with van der Waals surface area (Å²) in [7, 11) is -0.924. The van der Waals surface area contributed by atoms with Crippen LogP contribution in [0.1, 0.15) is 46.5 Å². The summed E-state index contributed by atoms with van der Waals surface area (Å²) in [5.41, 5.74) is 12.0. The lowest BCUT2D eigenvalue weighted by atomic mass is 9.86. The largest absolute Gasteiger partial charge is 0.383 e. The van der Waals surface area contributed by atoms with E-state index in [9.17, 15) is 22.8 Å². The maximum atomic E-state index is 13.2. The Morgan fingerprint density at radius 2 is 1.85 bits per heavy atom. The van der Waals surface area contributed by atoms with Gasteiger partial charge in [-0.2, -0.15) is 0 Å². The van der Waals surface area contributed by atoms with Crippen LogP contribution in [0.2, 0.25) is 5.15 Å². The maximum absolute atomic E-state index is 13.2. The molecule has 214 valence electrons. The van der Waals surface area contributed by atoms with E-state index < -0.39 is 21.7 Å². The van der Waals surface area contributed by atoms with Crippen LogP contribution in [0.15, 0.2) is 40.9 Å². The smallest absolute Gasteiger partial charge is 0.253 e. The minimum Gasteiger partial charge on any atom is -0.383 e. The summed E-state index contributed by atoms with van der Waals surface area (Å²) in [5, 5.41) is 3.35. The Kier molecular flexibility index (Phi) is 8.33. The molecule has 15 heteroatoms. The van der Waals surface area contributed by atoms with Crippen molar-refractivity contribution in [3.05, 3.63) is 52.4 Å². The molecule has 0 radical (unpaired) electrons. The number of carbonyl (C=O) groups excluding carboxylic acids is 3. The van der Waals surface area contributed by atoms with Gasteiger partial charge < -0.3 is 26.6 Å². The molecule has 3 heterocycles. The van der Waals surface area contributed by atoms with Crippen LogP contribution < -0.4 is 21.5 Å². The Bertz CT molecular complexity index is 1490. The third-order valence-electron chi connectivity index (χ3n) is 7.05. The topological polar surface area (TPSA) is 194 Å². The zero-order chi connectivity index (χ0) is 29.2. The Balaban J connectivity index is 1.38. The average Bonchev–Trinajstić information content (AvgIpc) is 3.30. The van der Waals surface area contributed by atoms with E-state index in [1.807, 2.05) is 0 Å². The number of hydrogen-bond acceptors (Lipinski definition) is 10. The number of benzene rings is 1. The number of allylic oxidation sites excluding steroid dienone is 2. The van der Waals surface area contributed by atoms with Gasteiger partial charge in [0.2, 0.25) is 21.7 Å². The molecule has 1 aromatic carbocycles. The molecular weight excluding hydrogens is 560 g/mol. The second-order valence-electron chi connectivity index (χ2n) is 10.0. The second kappa shape index (κ2) is 11.4. The fourth-order valence-corrected chi connectivity index (χ4v) is 5.83. The van der Waals surface area contributed by atoms with E-state index in [1.54, 1.807) is 11.0 Å². The van der Waals surface area contributed by atoms with Crippen LogP contribution in [-0.4, -0.2) is 85.1 Å². The van der Waals surface area contributed by atoms with Gasteiger partial charge in [0.1, 0.15) is 0 Å². The van der Waals surface area contributed by atoms with Crippen molar-refractivity contribution in [3.8, 4) is 0 Å². The van der Waals surface area contributed by atoms with Crippen LogP contribution in [0.5, 0.6) is 0 Å². The Morgan fingerprint density at radius 3 is 2.52 bits per heavy atom. The number of piperidine rings is 1. The quantitative estimate of drug-likeness (QED) is 0.264. The number of likely N-dealkylation sites (N-methyl/N-ethyl adjacent to an activating group) is 1. The van der Waals surface area contributed by atoms with Crippen molar-refractivity contribution in [2.24, 2.45) is 0 Å². The molecule has 2 amide bonds. The van der Waals surface area contributed by atoms with Crippen molar-refractivity contribution in [1.82, 2.24) is 29.8 Å². The lowest BCUT2D eigenvalue weighted by molar-refractivity contribution is -0.127. The summed E-state index contributed by atoms with van der Waals surface area (Å²) >= 11 is 5.89. The molecule has 0 saturated carbocycles. The molecule has 40 heavy (non-hydrogen) atoms. The molecule has 0 aliphatic carbocycles. The lowest BCUT2D eigenvalue weighted by Gasteiger charge is -2.39. The van der Waals surface area contributed by atoms with Crippen LogP contribution in [0.4, 0.5) is 11.6 Å². The van der Waals surface area contributed by atoms with Crippen molar-refractivity contribution < 1.29 is 22.8 Å². The van der Waals surface area contributed by atoms with Gasteiger partial charge in [-0.3, -0.25) is 14.4 Å². The number of amides is 2. The number of ketones is 1. The van der Waals surface area contributed by atoms with Gasteiger partial charge in [0, 0.05) is 50.1 Å². The number of nitrogens with zero attached hydrogens (tertiary/aromatic N) is 4. The molecule has 1 aromatic heterocycles. The number of likely N-dealkylation sites (tertiary alicyclic amines) is 1. The maximum Gasteiger partial charge on any atom is 0.253 e. The zero-order valence-electron chi connectivity index (χ0n) is 22.1. The fourth-order valence-electron chi connectivity index (χ4n) is 4.69. The Hall–Kier alpha value is -3.75. The minimum absolute atomic E-state index is 0.0517. The normalized spacial score (nSPS) is 17.6. The highest BCUT2D eigenvalue weighted by atomic mass is 35.5. The van der Waals surface area contributed by atoms with Crippen molar-refractivity contribution >= 4 is 50.9 Å². The lowest BCUT2D eigenvalue weighted by Crippen LogP contribution is -2.51. The average molecular weight is 591 g/mol.